The summed E-state index contributed by atoms with van der Waals surface area (Å²) in [5.74, 6) is 0.386. The van der Waals surface area contributed by atoms with Crippen molar-refractivity contribution in [1.82, 2.24) is 15.3 Å². The fourth-order valence-electron chi connectivity index (χ4n) is 1.54. The van der Waals surface area contributed by atoms with Gasteiger partial charge < -0.3 is 10.6 Å². The van der Waals surface area contributed by atoms with Gasteiger partial charge in [0.1, 0.15) is 9.21 Å². The molecule has 7 heteroatoms. The maximum absolute atomic E-state index is 11.8. The SMILES string of the molecule is O=C(Nc1ncc(Br)nc1Br)C1CCCN1. The second-order valence-electron chi connectivity index (χ2n) is 3.47. The molecule has 2 rings (SSSR count). The summed E-state index contributed by atoms with van der Waals surface area (Å²) < 4.78 is 1.14. The summed E-state index contributed by atoms with van der Waals surface area (Å²) in [7, 11) is 0. The lowest BCUT2D eigenvalue weighted by Gasteiger charge is -2.10. The van der Waals surface area contributed by atoms with Gasteiger partial charge in [0.15, 0.2) is 5.82 Å². The van der Waals surface area contributed by atoms with E-state index >= 15 is 0 Å². The van der Waals surface area contributed by atoms with E-state index in [1.165, 1.54) is 0 Å². The summed E-state index contributed by atoms with van der Waals surface area (Å²) in [5, 5.41) is 5.86. The number of nitrogens with zero attached hydrogens (tertiary/aromatic N) is 2. The van der Waals surface area contributed by atoms with E-state index < -0.39 is 0 Å². The Labute approximate surface area is 110 Å². The molecule has 0 aliphatic carbocycles. The highest BCUT2D eigenvalue weighted by Gasteiger charge is 2.22. The molecule has 1 unspecified atom stereocenters. The van der Waals surface area contributed by atoms with Gasteiger partial charge in [-0.3, -0.25) is 4.79 Å². The molecule has 1 aliphatic heterocycles. The Kier molecular flexibility index (Phi) is 3.88. The zero-order chi connectivity index (χ0) is 11.5. The molecular weight excluding hydrogens is 340 g/mol. The van der Waals surface area contributed by atoms with Crippen LogP contribution in [0.1, 0.15) is 12.8 Å². The summed E-state index contributed by atoms with van der Waals surface area (Å²) in [5.41, 5.74) is 0. The van der Waals surface area contributed by atoms with Gasteiger partial charge in [0, 0.05) is 0 Å². The van der Waals surface area contributed by atoms with E-state index in [2.05, 4.69) is 52.5 Å². The summed E-state index contributed by atoms with van der Waals surface area (Å²) in [4.78, 5) is 19.9. The Morgan fingerprint density at radius 1 is 1.56 bits per heavy atom. The van der Waals surface area contributed by atoms with Crippen molar-refractivity contribution in [3.05, 3.63) is 15.4 Å². The van der Waals surface area contributed by atoms with Gasteiger partial charge in [-0.15, -0.1) is 0 Å². The van der Waals surface area contributed by atoms with Gasteiger partial charge in [-0.05, 0) is 51.2 Å². The molecule has 1 aromatic heterocycles. The Morgan fingerprint density at radius 3 is 3.00 bits per heavy atom. The normalized spacial score (nSPS) is 19.8. The molecule has 2 N–H and O–H groups in total. The van der Waals surface area contributed by atoms with E-state index in [-0.39, 0.29) is 11.9 Å². The summed E-state index contributed by atoms with van der Waals surface area (Å²) in [6, 6.07) is -0.114. The molecule has 1 atom stereocenters. The Bertz CT molecular complexity index is 406. The third kappa shape index (κ3) is 2.78. The Hall–Kier alpha value is -0.530. The summed E-state index contributed by atoms with van der Waals surface area (Å²) in [6.07, 6.45) is 3.45. The summed E-state index contributed by atoms with van der Waals surface area (Å²) in [6.45, 7) is 0.894. The van der Waals surface area contributed by atoms with Gasteiger partial charge in [-0.2, -0.15) is 0 Å². The first kappa shape index (κ1) is 11.9. The van der Waals surface area contributed by atoms with Crippen LogP contribution in [0, 0.1) is 0 Å². The predicted molar refractivity (Wildman–Crippen MR) is 67.1 cm³/mol. The van der Waals surface area contributed by atoms with E-state index in [0.29, 0.717) is 15.0 Å². The molecule has 0 bridgehead atoms. The van der Waals surface area contributed by atoms with Crippen LogP contribution in [0.15, 0.2) is 15.4 Å². The number of aromatic nitrogens is 2. The van der Waals surface area contributed by atoms with E-state index in [9.17, 15) is 4.79 Å². The number of rotatable bonds is 2. The first-order chi connectivity index (χ1) is 7.66. The highest BCUT2D eigenvalue weighted by Crippen LogP contribution is 2.20. The third-order valence-electron chi connectivity index (χ3n) is 2.32. The third-order valence-corrected chi connectivity index (χ3v) is 3.25. The van der Waals surface area contributed by atoms with Crippen LogP contribution in [-0.4, -0.2) is 28.5 Å². The highest BCUT2D eigenvalue weighted by molar-refractivity contribution is 9.11. The van der Waals surface area contributed by atoms with Crippen molar-refractivity contribution in [2.75, 3.05) is 11.9 Å². The standard InChI is InChI=1S/C9H10Br2N4O/c10-6-4-13-8(7(11)14-6)15-9(16)5-2-1-3-12-5/h4-5,12H,1-3H2,(H,13,15,16). The monoisotopic (exact) mass is 348 g/mol. The lowest BCUT2D eigenvalue weighted by atomic mass is 10.2. The molecule has 5 nitrogen and oxygen atoms in total. The molecular formula is C9H10Br2N4O. The largest absolute Gasteiger partial charge is 0.307 e. The van der Waals surface area contributed by atoms with Crippen LogP contribution in [0.4, 0.5) is 5.82 Å². The second-order valence-corrected chi connectivity index (χ2v) is 5.03. The zero-order valence-corrected chi connectivity index (χ0v) is 11.5. The van der Waals surface area contributed by atoms with Crippen LogP contribution in [-0.2, 0) is 4.79 Å². The van der Waals surface area contributed by atoms with E-state index in [0.717, 1.165) is 19.4 Å². The molecule has 1 aliphatic rings. The van der Waals surface area contributed by atoms with Crippen LogP contribution in [0.5, 0.6) is 0 Å². The highest BCUT2D eigenvalue weighted by atomic mass is 79.9. The molecule has 0 spiro atoms. The first-order valence-corrected chi connectivity index (χ1v) is 6.47. The molecule has 0 radical (unpaired) electrons. The van der Waals surface area contributed by atoms with Crippen LogP contribution in [0.25, 0.3) is 0 Å². The number of anilines is 1. The zero-order valence-electron chi connectivity index (χ0n) is 8.33. The molecule has 86 valence electrons. The summed E-state index contributed by atoms with van der Waals surface area (Å²) >= 11 is 6.45. The number of carbonyl (C=O) groups excluding carboxylic acids is 1. The van der Waals surface area contributed by atoms with Gasteiger partial charge in [0.05, 0.1) is 12.2 Å². The predicted octanol–water partition coefficient (Wildman–Crippen LogP) is 1.69. The Morgan fingerprint density at radius 2 is 2.38 bits per heavy atom. The molecule has 1 fully saturated rings. The second kappa shape index (κ2) is 5.20. The number of hydrogen-bond acceptors (Lipinski definition) is 4. The number of halogens is 2. The van der Waals surface area contributed by atoms with Crippen molar-refractivity contribution >= 4 is 43.6 Å². The van der Waals surface area contributed by atoms with Crippen molar-refractivity contribution in [1.29, 1.82) is 0 Å². The van der Waals surface area contributed by atoms with Gasteiger partial charge in [0.25, 0.3) is 0 Å². The molecule has 0 saturated carbocycles. The molecule has 2 heterocycles. The van der Waals surface area contributed by atoms with Crippen molar-refractivity contribution in [3.63, 3.8) is 0 Å². The molecule has 16 heavy (non-hydrogen) atoms. The number of carbonyl (C=O) groups is 1. The molecule has 0 aromatic carbocycles. The topological polar surface area (TPSA) is 66.9 Å². The maximum atomic E-state index is 11.8. The van der Waals surface area contributed by atoms with Crippen molar-refractivity contribution in [2.45, 2.75) is 18.9 Å². The maximum Gasteiger partial charge on any atom is 0.242 e. The molecule has 1 aromatic rings. The fourth-order valence-corrected chi connectivity index (χ4v) is 2.45. The smallest absolute Gasteiger partial charge is 0.242 e. The number of amides is 1. The average molecular weight is 350 g/mol. The Balaban J connectivity index is 2.05. The lowest BCUT2D eigenvalue weighted by molar-refractivity contribution is -0.117. The first-order valence-electron chi connectivity index (χ1n) is 4.89. The van der Waals surface area contributed by atoms with Crippen molar-refractivity contribution in [2.24, 2.45) is 0 Å². The molecule has 1 amide bonds. The molecule has 1 saturated heterocycles. The van der Waals surface area contributed by atoms with Gasteiger partial charge in [0.2, 0.25) is 5.91 Å². The van der Waals surface area contributed by atoms with E-state index in [4.69, 9.17) is 0 Å². The van der Waals surface area contributed by atoms with Crippen LogP contribution >= 0.6 is 31.9 Å². The van der Waals surface area contributed by atoms with Crippen LogP contribution < -0.4 is 10.6 Å². The minimum Gasteiger partial charge on any atom is -0.307 e. The minimum atomic E-state index is -0.114. The van der Waals surface area contributed by atoms with Crippen molar-refractivity contribution < 1.29 is 4.79 Å². The lowest BCUT2D eigenvalue weighted by Crippen LogP contribution is -2.35. The van der Waals surface area contributed by atoms with E-state index in [1.807, 2.05) is 0 Å². The van der Waals surface area contributed by atoms with E-state index in [1.54, 1.807) is 6.20 Å². The van der Waals surface area contributed by atoms with Gasteiger partial charge in [-0.1, -0.05) is 0 Å². The van der Waals surface area contributed by atoms with Gasteiger partial charge in [-0.25, -0.2) is 9.97 Å². The minimum absolute atomic E-state index is 0.0603. The fraction of sp³-hybridized carbons (Fsp3) is 0.444. The van der Waals surface area contributed by atoms with Crippen molar-refractivity contribution in [3.8, 4) is 0 Å². The quantitative estimate of drug-likeness (QED) is 0.852. The van der Waals surface area contributed by atoms with Gasteiger partial charge >= 0.3 is 0 Å². The average Bonchev–Trinajstić information content (AvgIpc) is 2.75. The number of hydrogen-bond donors (Lipinski definition) is 2. The number of nitrogens with one attached hydrogen (secondary N) is 2. The van der Waals surface area contributed by atoms with Crippen LogP contribution in [0.3, 0.4) is 0 Å². The van der Waals surface area contributed by atoms with Crippen LogP contribution in [0.2, 0.25) is 0 Å².